The van der Waals surface area contributed by atoms with Crippen LogP contribution < -0.4 is 15.5 Å². The molecule has 6 heteroatoms. The van der Waals surface area contributed by atoms with E-state index in [4.69, 9.17) is 0 Å². The van der Waals surface area contributed by atoms with Crippen molar-refractivity contribution in [2.24, 2.45) is 0 Å². The molecular weight excluding hydrogens is 322 g/mol. The Balaban J connectivity index is 1.84. The predicted molar refractivity (Wildman–Crippen MR) is 98.5 cm³/mol. The molecule has 1 unspecified atom stereocenters. The molecule has 1 fully saturated rings. The van der Waals surface area contributed by atoms with Crippen molar-refractivity contribution in [3.05, 3.63) is 24.3 Å². The van der Waals surface area contributed by atoms with Gasteiger partial charge in [-0.1, -0.05) is 25.0 Å². The van der Waals surface area contributed by atoms with E-state index < -0.39 is 0 Å². The van der Waals surface area contributed by atoms with Gasteiger partial charge >= 0.3 is 0 Å². The molecule has 1 saturated carbocycles. The van der Waals surface area contributed by atoms with Gasteiger partial charge in [-0.2, -0.15) is 0 Å². The van der Waals surface area contributed by atoms with Gasteiger partial charge in [0.25, 0.3) is 11.8 Å². The number of likely N-dealkylation sites (N-methyl/N-ethyl adjacent to an activating group) is 1. The SMILES string of the molecule is CSc1ccccc1NC(=O)C[NH+](C)[C@H](C)C(=O)NC1CCCC1. The Morgan fingerprint density at radius 1 is 1.29 bits per heavy atom. The summed E-state index contributed by atoms with van der Waals surface area (Å²) in [5.41, 5.74) is 0.825. The number of thioether (sulfide) groups is 1. The smallest absolute Gasteiger partial charge is 0.279 e. The third-order valence-electron chi connectivity index (χ3n) is 4.65. The first-order valence-corrected chi connectivity index (χ1v) is 9.79. The van der Waals surface area contributed by atoms with Crippen molar-refractivity contribution in [2.45, 2.75) is 49.6 Å². The van der Waals surface area contributed by atoms with Crippen LogP contribution in [0.4, 0.5) is 5.69 Å². The molecule has 2 amide bonds. The summed E-state index contributed by atoms with van der Waals surface area (Å²) in [6.07, 6.45) is 6.52. The maximum absolute atomic E-state index is 12.3. The first-order valence-electron chi connectivity index (χ1n) is 8.56. The average molecular weight is 351 g/mol. The number of hydrogen-bond acceptors (Lipinski definition) is 3. The molecule has 0 bridgehead atoms. The number of quaternary nitrogens is 1. The number of hydrogen-bond donors (Lipinski definition) is 3. The molecule has 2 rings (SSSR count). The molecular formula is C18H28N3O2S+. The van der Waals surface area contributed by atoms with E-state index >= 15 is 0 Å². The van der Waals surface area contributed by atoms with Crippen LogP contribution in [0.15, 0.2) is 29.2 Å². The van der Waals surface area contributed by atoms with Gasteiger partial charge in [-0.25, -0.2) is 0 Å². The van der Waals surface area contributed by atoms with E-state index in [-0.39, 0.29) is 24.4 Å². The lowest BCUT2D eigenvalue weighted by Gasteiger charge is -2.22. The second kappa shape index (κ2) is 9.08. The second-order valence-electron chi connectivity index (χ2n) is 6.48. The number of para-hydroxylation sites is 1. The first kappa shape index (κ1) is 18.8. The average Bonchev–Trinajstić information content (AvgIpc) is 3.07. The largest absolute Gasteiger partial charge is 0.348 e. The van der Waals surface area contributed by atoms with Crippen LogP contribution in [-0.4, -0.2) is 43.7 Å². The molecule has 3 N–H and O–H groups in total. The van der Waals surface area contributed by atoms with Gasteiger partial charge in [0, 0.05) is 10.9 Å². The molecule has 5 nitrogen and oxygen atoms in total. The lowest BCUT2D eigenvalue weighted by atomic mass is 10.2. The van der Waals surface area contributed by atoms with Crippen molar-refractivity contribution in [3.63, 3.8) is 0 Å². The van der Waals surface area contributed by atoms with Crippen molar-refractivity contribution in [1.29, 1.82) is 0 Å². The molecule has 1 aliphatic rings. The summed E-state index contributed by atoms with van der Waals surface area (Å²) in [4.78, 5) is 26.5. The molecule has 2 atom stereocenters. The summed E-state index contributed by atoms with van der Waals surface area (Å²) in [6.45, 7) is 2.14. The minimum atomic E-state index is -0.243. The van der Waals surface area contributed by atoms with E-state index in [1.54, 1.807) is 11.8 Å². The third-order valence-corrected chi connectivity index (χ3v) is 5.45. The summed E-state index contributed by atoms with van der Waals surface area (Å²) >= 11 is 1.60. The van der Waals surface area contributed by atoms with Gasteiger partial charge in [-0.3, -0.25) is 9.59 Å². The molecule has 0 spiro atoms. The standard InChI is InChI=1S/C18H27N3O2S/c1-13(18(23)19-14-8-4-5-9-14)21(2)12-17(22)20-15-10-6-7-11-16(15)24-3/h6-7,10-11,13-14H,4-5,8-9,12H2,1-3H3,(H,19,23)(H,20,22)/p+1/t13-/m1/s1. The summed E-state index contributed by atoms with van der Waals surface area (Å²) < 4.78 is 0. The summed E-state index contributed by atoms with van der Waals surface area (Å²) in [7, 11) is 1.89. The summed E-state index contributed by atoms with van der Waals surface area (Å²) in [5, 5.41) is 6.05. The van der Waals surface area contributed by atoms with Gasteiger partial charge in [-0.15, -0.1) is 11.8 Å². The van der Waals surface area contributed by atoms with Crippen LogP contribution >= 0.6 is 11.8 Å². The minimum Gasteiger partial charge on any atom is -0.348 e. The Bertz CT molecular complexity index is 573. The Kier molecular flexibility index (Phi) is 7.12. The zero-order valence-corrected chi connectivity index (χ0v) is 15.5. The molecule has 0 saturated heterocycles. The lowest BCUT2D eigenvalue weighted by molar-refractivity contribution is -0.885. The van der Waals surface area contributed by atoms with Gasteiger partial charge in [0.05, 0.1) is 12.7 Å². The van der Waals surface area contributed by atoms with Crippen LogP contribution in [-0.2, 0) is 9.59 Å². The zero-order valence-electron chi connectivity index (χ0n) is 14.7. The third kappa shape index (κ3) is 5.24. The van der Waals surface area contributed by atoms with Crippen molar-refractivity contribution < 1.29 is 14.5 Å². The van der Waals surface area contributed by atoms with Crippen LogP contribution in [0, 0.1) is 0 Å². The predicted octanol–water partition coefficient (Wildman–Crippen LogP) is 1.31. The molecule has 24 heavy (non-hydrogen) atoms. The Morgan fingerprint density at radius 2 is 1.96 bits per heavy atom. The Hall–Kier alpha value is -1.53. The summed E-state index contributed by atoms with van der Waals surface area (Å²) in [6, 6.07) is 7.81. The molecule has 0 aliphatic heterocycles. The van der Waals surface area contributed by atoms with Gasteiger partial charge in [0.1, 0.15) is 0 Å². The molecule has 1 aliphatic carbocycles. The highest BCUT2D eigenvalue weighted by Gasteiger charge is 2.27. The van der Waals surface area contributed by atoms with Gasteiger partial charge < -0.3 is 15.5 Å². The fraction of sp³-hybridized carbons (Fsp3) is 0.556. The monoisotopic (exact) mass is 350 g/mol. The number of anilines is 1. The van der Waals surface area contributed by atoms with E-state index in [0.29, 0.717) is 6.04 Å². The van der Waals surface area contributed by atoms with Crippen LogP contribution in [0.2, 0.25) is 0 Å². The van der Waals surface area contributed by atoms with E-state index in [9.17, 15) is 9.59 Å². The van der Waals surface area contributed by atoms with Crippen molar-refractivity contribution >= 4 is 29.3 Å². The van der Waals surface area contributed by atoms with Crippen molar-refractivity contribution in [3.8, 4) is 0 Å². The molecule has 0 heterocycles. The number of amides is 2. The second-order valence-corrected chi connectivity index (χ2v) is 7.33. The fourth-order valence-corrected chi connectivity index (χ4v) is 3.52. The fourth-order valence-electron chi connectivity index (χ4n) is 2.97. The van der Waals surface area contributed by atoms with E-state index in [1.165, 1.54) is 12.8 Å². The summed E-state index contributed by atoms with van der Waals surface area (Å²) in [5.74, 6) is -0.0359. The van der Waals surface area contributed by atoms with Crippen LogP contribution in [0.1, 0.15) is 32.6 Å². The normalized spacial score (nSPS) is 17.3. The molecule has 0 radical (unpaired) electrons. The van der Waals surface area contributed by atoms with Crippen LogP contribution in [0.5, 0.6) is 0 Å². The van der Waals surface area contributed by atoms with E-state index in [2.05, 4.69) is 10.6 Å². The van der Waals surface area contributed by atoms with Crippen LogP contribution in [0.25, 0.3) is 0 Å². The number of rotatable bonds is 7. The van der Waals surface area contributed by atoms with Gasteiger partial charge in [0.2, 0.25) is 0 Å². The maximum atomic E-state index is 12.3. The molecule has 1 aromatic rings. The van der Waals surface area contributed by atoms with Crippen LogP contribution in [0.3, 0.4) is 0 Å². The minimum absolute atomic E-state index is 0.0386. The maximum Gasteiger partial charge on any atom is 0.279 e. The number of carbonyl (C=O) groups excluding carboxylic acids is 2. The molecule has 1 aromatic carbocycles. The van der Waals surface area contributed by atoms with E-state index in [0.717, 1.165) is 28.3 Å². The highest BCUT2D eigenvalue weighted by molar-refractivity contribution is 7.98. The van der Waals surface area contributed by atoms with Gasteiger partial charge in [0.15, 0.2) is 12.6 Å². The lowest BCUT2D eigenvalue weighted by Crippen LogP contribution is -3.15. The highest BCUT2D eigenvalue weighted by atomic mass is 32.2. The quantitative estimate of drug-likeness (QED) is 0.650. The van der Waals surface area contributed by atoms with E-state index in [1.807, 2.05) is 44.5 Å². The zero-order chi connectivity index (χ0) is 17.5. The Morgan fingerprint density at radius 3 is 2.62 bits per heavy atom. The van der Waals surface area contributed by atoms with Crippen molar-refractivity contribution in [2.75, 3.05) is 25.2 Å². The number of benzene rings is 1. The number of nitrogens with one attached hydrogen (secondary N) is 3. The Labute approximate surface area is 148 Å². The topological polar surface area (TPSA) is 62.6 Å². The highest BCUT2D eigenvalue weighted by Crippen LogP contribution is 2.24. The van der Waals surface area contributed by atoms with Crippen molar-refractivity contribution in [1.82, 2.24) is 5.32 Å². The first-order chi connectivity index (χ1) is 11.5. The number of carbonyl (C=O) groups is 2. The molecule has 0 aromatic heterocycles. The molecule has 132 valence electrons. The van der Waals surface area contributed by atoms with Gasteiger partial charge in [-0.05, 0) is 38.2 Å².